The molecule has 0 atom stereocenters. The zero-order valence-electron chi connectivity index (χ0n) is 17.2. The van der Waals surface area contributed by atoms with Gasteiger partial charge in [-0.2, -0.15) is 0 Å². The number of hydrogen-bond donors (Lipinski definition) is 0. The van der Waals surface area contributed by atoms with Crippen molar-refractivity contribution < 1.29 is 9.47 Å². The van der Waals surface area contributed by atoms with Crippen LogP contribution in [0, 0.1) is 0 Å². The SMILES string of the molecule is CCOc1ccc(C=C(c2nc3ccccc3s2)c2nc3ccccc3s2)cc1OC. The third kappa shape index (κ3) is 3.92. The fraction of sp³-hybridized carbons (Fsp3) is 0.120. The van der Waals surface area contributed by atoms with Gasteiger partial charge in [0.05, 0.1) is 34.1 Å². The molecule has 0 fully saturated rings. The van der Waals surface area contributed by atoms with E-state index in [4.69, 9.17) is 19.4 Å². The van der Waals surface area contributed by atoms with E-state index in [0.717, 1.165) is 47.3 Å². The van der Waals surface area contributed by atoms with Crippen LogP contribution >= 0.6 is 22.7 Å². The van der Waals surface area contributed by atoms with Gasteiger partial charge in [-0.05, 0) is 55.0 Å². The molecule has 0 unspecified atom stereocenters. The van der Waals surface area contributed by atoms with Gasteiger partial charge in [0.1, 0.15) is 10.0 Å². The summed E-state index contributed by atoms with van der Waals surface area (Å²) in [5, 5.41) is 1.90. The van der Waals surface area contributed by atoms with Gasteiger partial charge in [-0.25, -0.2) is 9.97 Å². The number of benzene rings is 3. The Balaban J connectivity index is 1.68. The van der Waals surface area contributed by atoms with Crippen molar-refractivity contribution in [3.05, 3.63) is 82.3 Å². The average Bonchev–Trinajstić information content (AvgIpc) is 3.42. The molecule has 6 heteroatoms. The molecule has 0 aliphatic heterocycles. The third-order valence-electron chi connectivity index (χ3n) is 4.85. The molecule has 0 bridgehead atoms. The van der Waals surface area contributed by atoms with Gasteiger partial charge < -0.3 is 9.47 Å². The molecule has 0 radical (unpaired) electrons. The van der Waals surface area contributed by atoms with Crippen LogP contribution in [0.15, 0.2) is 66.7 Å². The Morgan fingerprint density at radius 2 is 1.45 bits per heavy atom. The second kappa shape index (κ2) is 8.49. The smallest absolute Gasteiger partial charge is 0.161 e. The Hall–Kier alpha value is -3.22. The van der Waals surface area contributed by atoms with Crippen LogP contribution in [0.3, 0.4) is 0 Å². The Kier molecular flexibility index (Phi) is 5.40. The highest BCUT2D eigenvalue weighted by Crippen LogP contribution is 2.37. The van der Waals surface area contributed by atoms with Gasteiger partial charge >= 0.3 is 0 Å². The van der Waals surface area contributed by atoms with E-state index in [2.05, 4.69) is 18.2 Å². The Morgan fingerprint density at radius 1 is 0.839 bits per heavy atom. The van der Waals surface area contributed by atoms with Gasteiger partial charge in [0.15, 0.2) is 11.5 Å². The van der Waals surface area contributed by atoms with Crippen molar-refractivity contribution in [2.24, 2.45) is 0 Å². The maximum Gasteiger partial charge on any atom is 0.161 e. The molecule has 2 aromatic heterocycles. The normalized spacial score (nSPS) is 11.0. The highest BCUT2D eigenvalue weighted by atomic mass is 32.1. The molecule has 2 heterocycles. The number of rotatable bonds is 6. The van der Waals surface area contributed by atoms with Crippen molar-refractivity contribution >= 4 is 54.8 Å². The second-order valence-electron chi connectivity index (χ2n) is 6.87. The molecule has 154 valence electrons. The predicted octanol–water partition coefficient (Wildman–Crippen LogP) is 6.90. The molecule has 0 N–H and O–H groups in total. The highest BCUT2D eigenvalue weighted by molar-refractivity contribution is 7.22. The fourth-order valence-corrected chi connectivity index (χ4v) is 5.44. The molecule has 0 spiro atoms. The zero-order chi connectivity index (χ0) is 21.2. The van der Waals surface area contributed by atoms with E-state index in [1.54, 1.807) is 29.8 Å². The first-order valence-corrected chi connectivity index (χ1v) is 11.6. The van der Waals surface area contributed by atoms with Crippen LogP contribution in [0.1, 0.15) is 22.5 Å². The maximum atomic E-state index is 5.67. The standard InChI is InChI=1S/C25H20N2O2S2/c1-3-29-20-13-12-16(15-21(20)28-2)14-17(24-26-18-8-4-6-10-22(18)30-24)25-27-19-9-5-7-11-23(19)31-25/h4-15H,3H2,1-2H3. The molecule has 31 heavy (non-hydrogen) atoms. The Morgan fingerprint density at radius 3 is 2.00 bits per heavy atom. The van der Waals surface area contributed by atoms with Crippen LogP contribution in [-0.2, 0) is 0 Å². The van der Waals surface area contributed by atoms with Crippen LogP contribution in [0.2, 0.25) is 0 Å². The molecule has 0 amide bonds. The third-order valence-corrected chi connectivity index (χ3v) is 6.99. The fourth-order valence-electron chi connectivity index (χ4n) is 3.41. The Bertz CT molecular complexity index is 1260. The van der Waals surface area contributed by atoms with E-state index < -0.39 is 0 Å². The molecule has 0 aliphatic carbocycles. The van der Waals surface area contributed by atoms with Gasteiger partial charge in [0, 0.05) is 5.57 Å². The summed E-state index contributed by atoms with van der Waals surface area (Å²) >= 11 is 3.36. The number of hydrogen-bond acceptors (Lipinski definition) is 6. The highest BCUT2D eigenvalue weighted by Gasteiger charge is 2.16. The average molecular weight is 445 g/mol. The first kappa shape index (κ1) is 19.7. The predicted molar refractivity (Wildman–Crippen MR) is 130 cm³/mol. The lowest BCUT2D eigenvalue weighted by atomic mass is 10.1. The topological polar surface area (TPSA) is 44.2 Å². The lowest BCUT2D eigenvalue weighted by molar-refractivity contribution is 0.311. The molecule has 5 aromatic rings. The lowest BCUT2D eigenvalue weighted by Crippen LogP contribution is -1.95. The monoisotopic (exact) mass is 444 g/mol. The summed E-state index contributed by atoms with van der Waals surface area (Å²) in [6, 6.07) is 22.4. The van der Waals surface area contributed by atoms with Crippen molar-refractivity contribution in [2.45, 2.75) is 6.92 Å². The molecular formula is C25H20N2O2S2. The summed E-state index contributed by atoms with van der Waals surface area (Å²) in [7, 11) is 1.66. The molecule has 5 rings (SSSR count). The van der Waals surface area contributed by atoms with Gasteiger partial charge in [-0.1, -0.05) is 30.3 Å². The van der Waals surface area contributed by atoms with E-state index in [1.807, 2.05) is 61.5 Å². The van der Waals surface area contributed by atoms with Gasteiger partial charge in [-0.15, -0.1) is 22.7 Å². The molecule has 0 aliphatic rings. The minimum Gasteiger partial charge on any atom is -0.493 e. The molecule has 0 saturated heterocycles. The van der Waals surface area contributed by atoms with E-state index in [-0.39, 0.29) is 0 Å². The van der Waals surface area contributed by atoms with Gasteiger partial charge in [0.2, 0.25) is 0 Å². The van der Waals surface area contributed by atoms with Crippen molar-refractivity contribution in [2.75, 3.05) is 13.7 Å². The molecule has 3 aromatic carbocycles. The summed E-state index contributed by atoms with van der Waals surface area (Å²) in [4.78, 5) is 9.81. The van der Waals surface area contributed by atoms with Crippen LogP contribution in [0.25, 0.3) is 32.1 Å². The molecule has 0 saturated carbocycles. The maximum absolute atomic E-state index is 5.67. The minimum absolute atomic E-state index is 0.591. The number of aromatic nitrogens is 2. The van der Waals surface area contributed by atoms with Crippen LogP contribution < -0.4 is 9.47 Å². The minimum atomic E-state index is 0.591. The van der Waals surface area contributed by atoms with E-state index >= 15 is 0 Å². The molecule has 4 nitrogen and oxygen atoms in total. The summed E-state index contributed by atoms with van der Waals surface area (Å²) < 4.78 is 13.5. The second-order valence-corrected chi connectivity index (χ2v) is 8.94. The van der Waals surface area contributed by atoms with Crippen molar-refractivity contribution in [3.8, 4) is 11.5 Å². The van der Waals surface area contributed by atoms with Crippen LogP contribution in [-0.4, -0.2) is 23.7 Å². The zero-order valence-corrected chi connectivity index (χ0v) is 18.8. The Labute approximate surface area is 188 Å². The number of nitrogens with zero attached hydrogens (tertiary/aromatic N) is 2. The number of para-hydroxylation sites is 2. The summed E-state index contributed by atoms with van der Waals surface area (Å²) in [6.07, 6.45) is 2.13. The molecular weight excluding hydrogens is 424 g/mol. The van der Waals surface area contributed by atoms with Crippen LogP contribution in [0.4, 0.5) is 0 Å². The summed E-state index contributed by atoms with van der Waals surface area (Å²) in [5.41, 5.74) is 4.01. The van der Waals surface area contributed by atoms with Crippen molar-refractivity contribution in [1.82, 2.24) is 9.97 Å². The summed E-state index contributed by atoms with van der Waals surface area (Å²) in [5.74, 6) is 1.45. The number of ether oxygens (including phenoxy) is 2. The lowest BCUT2D eigenvalue weighted by Gasteiger charge is -2.10. The van der Waals surface area contributed by atoms with Crippen molar-refractivity contribution in [1.29, 1.82) is 0 Å². The van der Waals surface area contributed by atoms with Crippen LogP contribution in [0.5, 0.6) is 11.5 Å². The summed E-state index contributed by atoms with van der Waals surface area (Å²) in [6.45, 7) is 2.56. The first-order chi connectivity index (χ1) is 15.2. The van der Waals surface area contributed by atoms with E-state index in [1.165, 1.54) is 0 Å². The van der Waals surface area contributed by atoms with Gasteiger partial charge in [-0.3, -0.25) is 0 Å². The quantitative estimate of drug-likeness (QED) is 0.286. The number of thiazole rings is 2. The van der Waals surface area contributed by atoms with Gasteiger partial charge in [0.25, 0.3) is 0 Å². The number of fused-ring (bicyclic) bond motifs is 2. The largest absolute Gasteiger partial charge is 0.493 e. The van der Waals surface area contributed by atoms with E-state index in [0.29, 0.717) is 12.4 Å². The first-order valence-electron chi connectivity index (χ1n) is 9.99. The van der Waals surface area contributed by atoms with Crippen molar-refractivity contribution in [3.63, 3.8) is 0 Å². The van der Waals surface area contributed by atoms with E-state index in [9.17, 15) is 0 Å². The number of methoxy groups -OCH3 is 1.